The quantitative estimate of drug-likeness (QED) is 0.249. The van der Waals surface area contributed by atoms with E-state index in [0.29, 0.717) is 22.6 Å². The van der Waals surface area contributed by atoms with Gasteiger partial charge in [0, 0.05) is 29.7 Å². The molecule has 3 aromatic rings. The Morgan fingerprint density at radius 3 is 2.05 bits per heavy atom. The molecule has 202 valence electrons. The third-order valence-electron chi connectivity index (χ3n) is 5.68. The Hall–Kier alpha value is -4.79. The Balaban J connectivity index is 1.36. The maximum Gasteiger partial charge on any atom is 0.338 e. The summed E-state index contributed by atoms with van der Waals surface area (Å²) in [5.41, 5.74) is 1.54. The number of ether oxygens (including phenoxy) is 3. The summed E-state index contributed by atoms with van der Waals surface area (Å²) in [4.78, 5) is 61.0. The summed E-state index contributed by atoms with van der Waals surface area (Å²) in [6.07, 6.45) is -0.677. The summed E-state index contributed by atoms with van der Waals surface area (Å²) in [7, 11) is 1.52. The highest BCUT2D eigenvalue weighted by Crippen LogP contribution is 2.15. The second-order valence-electron chi connectivity index (χ2n) is 8.57. The number of carbonyl (C=O) groups is 5. The minimum atomic E-state index is -0.952. The van der Waals surface area contributed by atoms with Gasteiger partial charge in [-0.1, -0.05) is 30.3 Å². The van der Waals surface area contributed by atoms with Crippen LogP contribution in [-0.4, -0.2) is 49.2 Å². The van der Waals surface area contributed by atoms with Crippen LogP contribution in [-0.2, 0) is 19.1 Å². The van der Waals surface area contributed by atoms with Crippen LogP contribution in [0.2, 0.25) is 0 Å². The van der Waals surface area contributed by atoms with Gasteiger partial charge in [0.1, 0.15) is 5.75 Å². The smallest absolute Gasteiger partial charge is 0.338 e. The molecule has 1 amide bonds. The van der Waals surface area contributed by atoms with E-state index < -0.39 is 18.0 Å². The molecule has 0 bridgehead atoms. The molecule has 1 N–H and O–H groups in total. The fourth-order valence-electron chi connectivity index (χ4n) is 3.50. The van der Waals surface area contributed by atoms with Crippen LogP contribution in [0.4, 0.5) is 5.69 Å². The van der Waals surface area contributed by atoms with Crippen molar-refractivity contribution in [3.05, 3.63) is 95.6 Å². The SMILES string of the molecule is COc1ccc(C(=O)COC(=O)CCCC(=O)Nc2ccc(C(=O)OC(C)C(=O)c3ccccc3)cc2)cc1. The zero-order chi connectivity index (χ0) is 28.2. The van der Waals surface area contributed by atoms with Crippen molar-refractivity contribution in [3.63, 3.8) is 0 Å². The van der Waals surface area contributed by atoms with Gasteiger partial charge in [0.15, 0.2) is 18.5 Å². The Morgan fingerprint density at radius 2 is 1.41 bits per heavy atom. The van der Waals surface area contributed by atoms with Gasteiger partial charge < -0.3 is 19.5 Å². The lowest BCUT2D eigenvalue weighted by molar-refractivity contribution is -0.142. The van der Waals surface area contributed by atoms with Crippen LogP contribution < -0.4 is 10.1 Å². The molecule has 0 aliphatic rings. The summed E-state index contributed by atoms with van der Waals surface area (Å²) in [6, 6.07) is 21.0. The third kappa shape index (κ3) is 8.92. The Labute approximate surface area is 226 Å². The van der Waals surface area contributed by atoms with Crippen molar-refractivity contribution in [2.45, 2.75) is 32.3 Å². The Morgan fingerprint density at radius 1 is 0.769 bits per heavy atom. The lowest BCUT2D eigenvalue weighted by Gasteiger charge is -2.12. The van der Waals surface area contributed by atoms with E-state index >= 15 is 0 Å². The molecular formula is C30H29NO8. The Kier molecular flexibility index (Phi) is 10.5. The Bertz CT molecular complexity index is 1300. The molecule has 0 radical (unpaired) electrons. The number of carbonyl (C=O) groups excluding carboxylic acids is 5. The van der Waals surface area contributed by atoms with Gasteiger partial charge in [-0.25, -0.2) is 4.79 Å². The van der Waals surface area contributed by atoms with Crippen molar-refractivity contribution in [1.82, 2.24) is 0 Å². The highest BCUT2D eigenvalue weighted by Gasteiger charge is 2.20. The van der Waals surface area contributed by atoms with Crippen LogP contribution in [0, 0.1) is 0 Å². The normalized spacial score (nSPS) is 11.1. The zero-order valence-corrected chi connectivity index (χ0v) is 21.7. The fourth-order valence-corrected chi connectivity index (χ4v) is 3.50. The highest BCUT2D eigenvalue weighted by molar-refractivity contribution is 6.01. The van der Waals surface area contributed by atoms with Gasteiger partial charge in [-0.05, 0) is 61.9 Å². The van der Waals surface area contributed by atoms with E-state index in [1.165, 1.54) is 38.3 Å². The van der Waals surface area contributed by atoms with Crippen LogP contribution >= 0.6 is 0 Å². The van der Waals surface area contributed by atoms with Crippen molar-refractivity contribution in [1.29, 1.82) is 0 Å². The summed E-state index contributed by atoms with van der Waals surface area (Å²) in [5.74, 6) is -1.59. The van der Waals surface area contributed by atoms with Gasteiger partial charge in [-0.15, -0.1) is 0 Å². The maximum absolute atomic E-state index is 12.4. The van der Waals surface area contributed by atoms with E-state index in [9.17, 15) is 24.0 Å². The molecule has 0 aliphatic carbocycles. The van der Waals surface area contributed by atoms with E-state index in [0.717, 1.165) is 0 Å². The summed E-state index contributed by atoms with van der Waals surface area (Å²) in [5, 5.41) is 2.68. The van der Waals surface area contributed by atoms with Crippen molar-refractivity contribution in [2.24, 2.45) is 0 Å². The molecule has 0 saturated heterocycles. The number of anilines is 1. The monoisotopic (exact) mass is 531 g/mol. The largest absolute Gasteiger partial charge is 0.497 e. The molecule has 0 heterocycles. The van der Waals surface area contributed by atoms with E-state index in [2.05, 4.69) is 5.32 Å². The number of rotatable bonds is 13. The van der Waals surface area contributed by atoms with Crippen LogP contribution in [0.15, 0.2) is 78.9 Å². The molecular weight excluding hydrogens is 502 g/mol. The molecule has 3 rings (SSSR count). The number of benzene rings is 3. The van der Waals surface area contributed by atoms with E-state index in [1.54, 1.807) is 54.6 Å². The fraction of sp³-hybridized carbons (Fsp3) is 0.233. The maximum atomic E-state index is 12.4. The lowest BCUT2D eigenvalue weighted by atomic mass is 10.1. The molecule has 9 nitrogen and oxygen atoms in total. The molecule has 3 aromatic carbocycles. The van der Waals surface area contributed by atoms with Crippen LogP contribution in [0.25, 0.3) is 0 Å². The number of nitrogens with one attached hydrogen (secondary N) is 1. The minimum Gasteiger partial charge on any atom is -0.497 e. The second kappa shape index (κ2) is 14.2. The van der Waals surface area contributed by atoms with E-state index in [-0.39, 0.29) is 48.9 Å². The molecule has 0 saturated carbocycles. The summed E-state index contributed by atoms with van der Waals surface area (Å²) >= 11 is 0. The lowest BCUT2D eigenvalue weighted by Crippen LogP contribution is -2.24. The first-order valence-corrected chi connectivity index (χ1v) is 12.3. The van der Waals surface area contributed by atoms with Gasteiger partial charge in [-0.3, -0.25) is 19.2 Å². The van der Waals surface area contributed by atoms with Gasteiger partial charge >= 0.3 is 11.9 Å². The van der Waals surface area contributed by atoms with Crippen molar-refractivity contribution in [2.75, 3.05) is 19.0 Å². The third-order valence-corrected chi connectivity index (χ3v) is 5.68. The number of amides is 1. The molecule has 0 aliphatic heterocycles. The first-order valence-electron chi connectivity index (χ1n) is 12.3. The number of hydrogen-bond acceptors (Lipinski definition) is 8. The average molecular weight is 532 g/mol. The van der Waals surface area contributed by atoms with E-state index in [1.807, 2.05) is 0 Å². The molecule has 0 aromatic heterocycles. The predicted molar refractivity (Wildman–Crippen MR) is 143 cm³/mol. The molecule has 0 fully saturated rings. The van der Waals surface area contributed by atoms with Gasteiger partial charge in [-0.2, -0.15) is 0 Å². The minimum absolute atomic E-state index is 0.0199. The molecule has 0 spiro atoms. The number of esters is 2. The number of Topliss-reactive ketones (excluding diaryl/α,β-unsaturated/α-hetero) is 2. The number of methoxy groups -OCH3 is 1. The van der Waals surface area contributed by atoms with E-state index in [4.69, 9.17) is 14.2 Å². The summed E-state index contributed by atoms with van der Waals surface area (Å²) < 4.78 is 15.3. The predicted octanol–water partition coefficient (Wildman–Crippen LogP) is 4.66. The summed E-state index contributed by atoms with van der Waals surface area (Å²) in [6.45, 7) is 1.13. The second-order valence-corrected chi connectivity index (χ2v) is 8.57. The van der Waals surface area contributed by atoms with Gasteiger partial charge in [0.05, 0.1) is 12.7 Å². The highest BCUT2D eigenvalue weighted by atomic mass is 16.5. The van der Waals surface area contributed by atoms with Gasteiger partial charge in [0.25, 0.3) is 0 Å². The zero-order valence-electron chi connectivity index (χ0n) is 21.7. The topological polar surface area (TPSA) is 125 Å². The molecule has 9 heteroatoms. The first-order chi connectivity index (χ1) is 18.8. The number of hydrogen-bond donors (Lipinski definition) is 1. The number of ketones is 2. The molecule has 39 heavy (non-hydrogen) atoms. The molecule has 1 atom stereocenters. The van der Waals surface area contributed by atoms with Gasteiger partial charge in [0.2, 0.25) is 11.7 Å². The van der Waals surface area contributed by atoms with Crippen LogP contribution in [0.5, 0.6) is 5.75 Å². The molecule has 1 unspecified atom stereocenters. The van der Waals surface area contributed by atoms with Crippen LogP contribution in [0.3, 0.4) is 0 Å². The first kappa shape index (κ1) is 28.8. The van der Waals surface area contributed by atoms with Crippen molar-refractivity contribution in [3.8, 4) is 5.75 Å². The van der Waals surface area contributed by atoms with Crippen LogP contribution in [0.1, 0.15) is 57.3 Å². The van der Waals surface area contributed by atoms with Crippen molar-refractivity contribution < 1.29 is 38.2 Å². The standard InChI is InChI=1S/C30H29NO8/c1-20(29(35)22-7-4-3-5-8-22)39-30(36)23-11-15-24(16-12-23)31-27(33)9-6-10-28(34)38-19-26(32)21-13-17-25(37-2)18-14-21/h3-5,7-8,11-18,20H,6,9-10,19H2,1-2H3,(H,31,33). The van der Waals surface area contributed by atoms with Crippen molar-refractivity contribution >= 4 is 35.1 Å². The average Bonchev–Trinajstić information content (AvgIpc) is 2.96.